The monoisotopic (exact) mass is 833 g/mol. The van der Waals surface area contributed by atoms with Crippen molar-refractivity contribution in [3.8, 4) is 0 Å². The summed E-state index contributed by atoms with van der Waals surface area (Å²) in [6, 6.07) is 43.4. The van der Waals surface area contributed by atoms with Crippen LogP contribution in [0.25, 0.3) is 0 Å². The van der Waals surface area contributed by atoms with Gasteiger partial charge in [0.2, 0.25) is 0 Å². The van der Waals surface area contributed by atoms with Gasteiger partial charge < -0.3 is 20.5 Å². The molecule has 5 aromatic rings. The molecule has 1 aliphatic rings. The maximum Gasteiger partial charge on any atom is 0.414 e. The number of benzene rings is 5. The molecular weight excluding hydrogens is 778 g/mol. The Morgan fingerprint density at radius 1 is 0.864 bits per heavy atom. The van der Waals surface area contributed by atoms with Crippen LogP contribution >= 0.6 is 23.5 Å². The Kier molecular flexibility index (Phi) is 15.3. The normalized spacial score (nSPS) is 16.0. The lowest BCUT2D eigenvalue weighted by Crippen LogP contribution is -2.44. The molecule has 6 rings (SSSR count). The predicted octanol–water partition coefficient (Wildman–Crippen LogP) is 9.65. The van der Waals surface area contributed by atoms with E-state index in [1.807, 2.05) is 50.9 Å². The van der Waals surface area contributed by atoms with Crippen LogP contribution in [0.1, 0.15) is 71.8 Å². The summed E-state index contributed by atoms with van der Waals surface area (Å²) in [7, 11) is 0. The topological polar surface area (TPSA) is 90.9 Å². The maximum absolute atomic E-state index is 14.2. The van der Waals surface area contributed by atoms with Gasteiger partial charge in [-0.25, -0.2) is 9.18 Å². The highest BCUT2D eigenvalue weighted by molar-refractivity contribution is 8.01. The Morgan fingerprint density at radius 2 is 1.46 bits per heavy atom. The molecule has 0 spiro atoms. The number of carbonyl (C=O) groups is 2. The van der Waals surface area contributed by atoms with Crippen molar-refractivity contribution in [2.45, 2.75) is 74.1 Å². The van der Waals surface area contributed by atoms with Crippen LogP contribution in [0.2, 0.25) is 0 Å². The fourth-order valence-corrected chi connectivity index (χ4v) is 9.98. The number of hydrogen-bond donors (Lipinski definition) is 3. The number of nitrogens with zero attached hydrogens (tertiary/aromatic N) is 1. The molecule has 3 atom stereocenters. The first-order valence-electron chi connectivity index (χ1n) is 20.4. The van der Waals surface area contributed by atoms with Gasteiger partial charge in [0.25, 0.3) is 5.91 Å². The molecule has 3 N–H and O–H groups in total. The summed E-state index contributed by atoms with van der Waals surface area (Å²) in [6.45, 7) is 6.42. The largest absolute Gasteiger partial charge is 0.443 e. The van der Waals surface area contributed by atoms with E-state index in [-0.39, 0.29) is 29.6 Å². The van der Waals surface area contributed by atoms with Gasteiger partial charge in [-0.1, -0.05) is 109 Å². The predicted molar refractivity (Wildman–Crippen MR) is 242 cm³/mol. The Labute approximate surface area is 357 Å². The summed E-state index contributed by atoms with van der Waals surface area (Å²) in [5, 5.41) is 17.1. The number of hydrogen-bond acceptors (Lipinski definition) is 7. The Bertz CT molecular complexity index is 2000. The minimum absolute atomic E-state index is 0.0687. The molecule has 59 heavy (non-hydrogen) atoms. The molecule has 0 aromatic heterocycles. The van der Waals surface area contributed by atoms with Crippen LogP contribution in [0.3, 0.4) is 0 Å². The van der Waals surface area contributed by atoms with Gasteiger partial charge in [0, 0.05) is 35.6 Å². The maximum atomic E-state index is 14.2. The average molecular weight is 834 g/mol. The number of rotatable bonds is 17. The average Bonchev–Trinajstić information content (AvgIpc) is 3.70. The third-order valence-corrected chi connectivity index (χ3v) is 13.0. The highest BCUT2D eigenvalue weighted by Crippen LogP contribution is 2.51. The number of halogens is 1. The molecule has 0 aliphatic carbocycles. The van der Waals surface area contributed by atoms with Crippen LogP contribution in [-0.2, 0) is 22.3 Å². The number of aliphatic hydroxyl groups is 1. The van der Waals surface area contributed by atoms with E-state index in [1.165, 1.54) is 28.8 Å². The van der Waals surface area contributed by atoms with E-state index < -0.39 is 22.5 Å². The van der Waals surface area contributed by atoms with Crippen molar-refractivity contribution in [2.75, 3.05) is 36.6 Å². The van der Waals surface area contributed by atoms with E-state index in [1.54, 1.807) is 34.9 Å². The van der Waals surface area contributed by atoms with Crippen LogP contribution in [-0.4, -0.2) is 71.7 Å². The first kappa shape index (κ1) is 44.0. The van der Waals surface area contributed by atoms with E-state index >= 15 is 0 Å². The highest BCUT2D eigenvalue weighted by Gasteiger charge is 2.42. The van der Waals surface area contributed by atoms with Crippen molar-refractivity contribution in [1.82, 2.24) is 10.6 Å². The molecule has 2 amide bonds. The molecule has 310 valence electrons. The van der Waals surface area contributed by atoms with Crippen molar-refractivity contribution >= 4 is 41.2 Å². The summed E-state index contributed by atoms with van der Waals surface area (Å²) in [6.07, 6.45) is 4.00. The molecular formula is C49H56FN3O4S2. The molecule has 1 saturated heterocycles. The quantitative estimate of drug-likeness (QED) is 0.0805. The zero-order valence-corrected chi connectivity index (χ0v) is 36.0. The lowest BCUT2D eigenvalue weighted by Gasteiger charge is -2.37. The molecule has 1 aliphatic heterocycles. The summed E-state index contributed by atoms with van der Waals surface area (Å²) in [5.41, 5.74) is 5.54. The van der Waals surface area contributed by atoms with Crippen molar-refractivity contribution < 1.29 is 23.8 Å². The first-order chi connectivity index (χ1) is 28.5. The third-order valence-electron chi connectivity index (χ3n) is 10.6. The van der Waals surface area contributed by atoms with Crippen molar-refractivity contribution in [3.05, 3.63) is 173 Å². The second-order valence-corrected chi connectivity index (χ2v) is 18.6. The Morgan fingerprint density at radius 3 is 2.00 bits per heavy atom. The van der Waals surface area contributed by atoms with Crippen molar-refractivity contribution in [1.29, 1.82) is 0 Å². The minimum atomic E-state index is -0.752. The molecule has 10 heteroatoms. The number of aryl methyl sites for hydroxylation is 2. The van der Waals surface area contributed by atoms with Crippen molar-refractivity contribution in [3.63, 3.8) is 0 Å². The van der Waals surface area contributed by atoms with E-state index in [9.17, 15) is 19.1 Å². The summed E-state index contributed by atoms with van der Waals surface area (Å²) in [5.74, 6) is 0.164. The van der Waals surface area contributed by atoms with Crippen LogP contribution in [0.4, 0.5) is 14.9 Å². The standard InChI is InChI=1S/C49H56FN3O4S2/c1-48(2,3)57-47(56)53(43-27-24-36(23-20-35-21-25-40(50)26-22-35)45(31-43)46(55)52-41(34-54)28-29-58-4)33-42-30-44(32-51-42)59-49(37-14-8-5-9-15-37,38-16-10-6-11-17-38)39-18-12-7-13-19-39/h5-19,21-22,24-27,31,41-42,44,51,54H,20,23,28-30,32-34H2,1-4H3,(H,52,55)/t41-,42-,44-/m0/s1. The third kappa shape index (κ3) is 11.6. The lowest BCUT2D eigenvalue weighted by atomic mass is 9.84. The summed E-state index contributed by atoms with van der Waals surface area (Å²) < 4.78 is 19.2. The second kappa shape index (κ2) is 20.6. The molecule has 0 saturated carbocycles. The second-order valence-electron chi connectivity index (χ2n) is 16.1. The van der Waals surface area contributed by atoms with E-state index in [0.717, 1.165) is 29.8 Å². The number of aliphatic hydroxyl groups excluding tert-OH is 1. The number of nitrogens with one attached hydrogen (secondary N) is 2. The van der Waals surface area contributed by atoms with E-state index in [4.69, 9.17) is 4.74 Å². The van der Waals surface area contributed by atoms with Crippen LogP contribution in [0, 0.1) is 5.82 Å². The van der Waals surface area contributed by atoms with Crippen LogP contribution in [0.5, 0.6) is 0 Å². The number of amides is 2. The number of carbonyl (C=O) groups excluding carboxylic acids is 2. The number of ether oxygens (including phenoxy) is 1. The number of anilines is 1. The van der Waals surface area contributed by atoms with Gasteiger partial charge in [0.1, 0.15) is 11.4 Å². The van der Waals surface area contributed by atoms with Gasteiger partial charge >= 0.3 is 6.09 Å². The van der Waals surface area contributed by atoms with Crippen molar-refractivity contribution in [2.24, 2.45) is 0 Å². The van der Waals surface area contributed by atoms with Gasteiger partial charge in [-0.15, -0.1) is 11.8 Å². The molecule has 5 aromatic carbocycles. The van der Waals surface area contributed by atoms with E-state index in [2.05, 4.69) is 102 Å². The highest BCUT2D eigenvalue weighted by atomic mass is 32.2. The Hall–Kier alpha value is -4.61. The van der Waals surface area contributed by atoms with Gasteiger partial charge in [-0.3, -0.25) is 9.69 Å². The lowest BCUT2D eigenvalue weighted by molar-refractivity contribution is 0.0577. The van der Waals surface area contributed by atoms with E-state index in [0.29, 0.717) is 37.1 Å². The fourth-order valence-electron chi connectivity index (χ4n) is 7.63. The molecule has 1 fully saturated rings. The summed E-state index contributed by atoms with van der Waals surface area (Å²) in [4.78, 5) is 29.9. The fraction of sp³-hybridized carbons (Fsp3) is 0.347. The first-order valence-corrected chi connectivity index (χ1v) is 22.6. The van der Waals surface area contributed by atoms with Crippen LogP contribution < -0.4 is 15.5 Å². The smallest absolute Gasteiger partial charge is 0.414 e. The zero-order valence-electron chi connectivity index (χ0n) is 34.4. The molecule has 1 heterocycles. The van der Waals surface area contributed by atoms with Gasteiger partial charge in [-0.2, -0.15) is 11.8 Å². The van der Waals surface area contributed by atoms with Crippen LogP contribution in [0.15, 0.2) is 133 Å². The Balaban J connectivity index is 1.31. The molecule has 7 nitrogen and oxygen atoms in total. The summed E-state index contributed by atoms with van der Waals surface area (Å²) >= 11 is 3.59. The zero-order chi connectivity index (χ0) is 41.8. The number of thioether (sulfide) groups is 2. The molecule has 0 radical (unpaired) electrons. The minimum Gasteiger partial charge on any atom is -0.443 e. The van der Waals surface area contributed by atoms with Gasteiger partial charge in [-0.05, 0) is 111 Å². The SMILES string of the molecule is CSCC[C@@H](CO)NC(=O)c1cc(N(C[C@@H]2C[C@H](SC(c3ccccc3)(c3ccccc3)c3ccccc3)CN2)C(=O)OC(C)(C)C)ccc1CCc1ccc(F)cc1. The van der Waals surface area contributed by atoms with Gasteiger partial charge in [0.05, 0.1) is 17.4 Å². The molecule has 0 unspecified atom stereocenters. The molecule has 0 bridgehead atoms. The van der Waals surface area contributed by atoms with Gasteiger partial charge in [0.15, 0.2) is 0 Å².